The van der Waals surface area contributed by atoms with Crippen LogP contribution in [0, 0.1) is 0 Å². The molecule has 0 saturated carbocycles. The van der Waals surface area contributed by atoms with Crippen LogP contribution in [0.1, 0.15) is 78.1 Å². The number of hydrogen-bond donors (Lipinski definition) is 0. The number of carbonyl (C=O) groups is 2. The predicted octanol–water partition coefficient (Wildman–Crippen LogP) is 5.75. The molecule has 0 spiro atoms. The van der Waals surface area contributed by atoms with Gasteiger partial charge in [0.25, 0.3) is 11.8 Å². The van der Waals surface area contributed by atoms with E-state index in [-0.39, 0.29) is 25.0 Å². The molecule has 10 nitrogen and oxygen atoms in total. The first-order valence-corrected chi connectivity index (χ1v) is 17.3. The van der Waals surface area contributed by atoms with Crippen LogP contribution in [0.25, 0.3) is 0 Å². The maximum Gasteiger partial charge on any atom is 0.261 e. The van der Waals surface area contributed by atoms with E-state index < -0.39 is 0 Å². The van der Waals surface area contributed by atoms with Crippen molar-refractivity contribution in [1.82, 2.24) is 4.90 Å². The Morgan fingerprint density at radius 2 is 0.915 bits per heavy atom. The van der Waals surface area contributed by atoms with Crippen LogP contribution in [-0.2, 0) is 34.8 Å². The van der Waals surface area contributed by atoms with E-state index in [1.807, 2.05) is 12.1 Å². The largest absolute Gasteiger partial charge is 0.491 e. The van der Waals surface area contributed by atoms with Crippen LogP contribution < -0.4 is 4.74 Å². The van der Waals surface area contributed by atoms with Gasteiger partial charge in [-0.3, -0.25) is 14.5 Å². The van der Waals surface area contributed by atoms with Gasteiger partial charge in [-0.2, -0.15) is 0 Å². The average molecular weight is 658 g/mol. The molecular formula is C37H55NO9. The van der Waals surface area contributed by atoms with Crippen molar-refractivity contribution >= 4 is 11.8 Å². The van der Waals surface area contributed by atoms with Gasteiger partial charge in [0, 0.05) is 0 Å². The van der Waals surface area contributed by atoms with Crippen molar-refractivity contribution in [3.05, 3.63) is 65.2 Å². The molecule has 10 heteroatoms. The monoisotopic (exact) mass is 657 g/mol. The number of hydrogen-bond acceptors (Lipinski definition) is 9. The third-order valence-corrected chi connectivity index (χ3v) is 7.69. The molecule has 2 aromatic rings. The Labute approximate surface area is 280 Å². The number of ether oxygens (including phenoxy) is 7. The topological polar surface area (TPSA) is 102 Å². The molecule has 1 aliphatic rings. The van der Waals surface area contributed by atoms with Crippen molar-refractivity contribution < 1.29 is 42.7 Å². The van der Waals surface area contributed by atoms with Crippen LogP contribution >= 0.6 is 0 Å². The van der Waals surface area contributed by atoms with Gasteiger partial charge >= 0.3 is 0 Å². The molecule has 47 heavy (non-hydrogen) atoms. The second kappa shape index (κ2) is 25.2. The molecule has 262 valence electrons. The van der Waals surface area contributed by atoms with Gasteiger partial charge < -0.3 is 33.2 Å². The van der Waals surface area contributed by atoms with E-state index in [2.05, 4.69) is 19.1 Å². The zero-order chi connectivity index (χ0) is 33.2. The summed E-state index contributed by atoms with van der Waals surface area (Å²) in [6, 6.07) is 15.3. The number of imide groups is 1. The van der Waals surface area contributed by atoms with Crippen LogP contribution in [0.15, 0.2) is 48.5 Å². The van der Waals surface area contributed by atoms with Crippen molar-refractivity contribution in [3.63, 3.8) is 0 Å². The molecule has 0 aromatic heterocycles. The smallest absolute Gasteiger partial charge is 0.261 e. The predicted molar refractivity (Wildman–Crippen MR) is 180 cm³/mol. The maximum absolute atomic E-state index is 12.3. The van der Waals surface area contributed by atoms with Gasteiger partial charge in [-0.1, -0.05) is 69.7 Å². The number of aryl methyl sites for hydroxylation is 1. The Morgan fingerprint density at radius 1 is 0.489 bits per heavy atom. The fourth-order valence-electron chi connectivity index (χ4n) is 5.06. The first-order chi connectivity index (χ1) is 23.2. The quantitative estimate of drug-likeness (QED) is 0.0767. The molecule has 0 fully saturated rings. The highest BCUT2D eigenvalue weighted by Crippen LogP contribution is 2.22. The third-order valence-electron chi connectivity index (χ3n) is 7.69. The van der Waals surface area contributed by atoms with E-state index in [9.17, 15) is 9.59 Å². The summed E-state index contributed by atoms with van der Waals surface area (Å²) in [7, 11) is 0. The zero-order valence-corrected chi connectivity index (χ0v) is 28.3. The number of rotatable bonds is 30. The van der Waals surface area contributed by atoms with E-state index in [1.165, 1.54) is 55.4 Å². The number of carbonyl (C=O) groups excluding carboxylic acids is 2. The molecule has 0 unspecified atom stereocenters. The summed E-state index contributed by atoms with van der Waals surface area (Å²) in [6.07, 6.45) is 10.5. The Balaban J connectivity index is 0.994. The van der Waals surface area contributed by atoms with Gasteiger partial charge in [-0.25, -0.2) is 0 Å². The van der Waals surface area contributed by atoms with Crippen LogP contribution in [0.2, 0.25) is 0 Å². The molecule has 1 aliphatic heterocycles. The second-order valence-electron chi connectivity index (χ2n) is 11.3. The Morgan fingerprint density at radius 3 is 1.40 bits per heavy atom. The molecule has 0 bridgehead atoms. The van der Waals surface area contributed by atoms with E-state index in [0.717, 1.165) is 12.2 Å². The van der Waals surface area contributed by atoms with Gasteiger partial charge in [-0.15, -0.1) is 0 Å². The van der Waals surface area contributed by atoms with E-state index in [1.54, 1.807) is 24.3 Å². The summed E-state index contributed by atoms with van der Waals surface area (Å²) in [5, 5.41) is 0. The van der Waals surface area contributed by atoms with Gasteiger partial charge in [0.1, 0.15) is 12.4 Å². The summed E-state index contributed by atoms with van der Waals surface area (Å²) in [5.41, 5.74) is 2.27. The van der Waals surface area contributed by atoms with Gasteiger partial charge in [0.2, 0.25) is 0 Å². The zero-order valence-electron chi connectivity index (χ0n) is 28.3. The van der Waals surface area contributed by atoms with E-state index in [4.69, 9.17) is 33.2 Å². The minimum atomic E-state index is -0.271. The Bertz CT molecular complexity index is 1080. The lowest BCUT2D eigenvalue weighted by molar-refractivity contribution is -0.0182. The number of benzene rings is 2. The summed E-state index contributed by atoms with van der Waals surface area (Å²) in [4.78, 5) is 25.8. The van der Waals surface area contributed by atoms with Crippen LogP contribution in [0.4, 0.5) is 0 Å². The van der Waals surface area contributed by atoms with Crippen LogP contribution in [0.3, 0.4) is 0 Å². The fourth-order valence-corrected chi connectivity index (χ4v) is 5.06. The minimum absolute atomic E-state index is 0.221. The normalized spacial score (nSPS) is 12.7. The van der Waals surface area contributed by atoms with Crippen molar-refractivity contribution in [2.45, 2.75) is 58.3 Å². The summed E-state index contributed by atoms with van der Waals surface area (Å²) in [6.45, 7) is 8.45. The second-order valence-corrected chi connectivity index (χ2v) is 11.3. The summed E-state index contributed by atoms with van der Waals surface area (Å²) in [5.74, 6) is 0.336. The van der Waals surface area contributed by atoms with Crippen molar-refractivity contribution in [3.8, 4) is 5.75 Å². The Kier molecular flexibility index (Phi) is 20.7. The summed E-state index contributed by atoms with van der Waals surface area (Å²) < 4.78 is 38.9. The molecular weight excluding hydrogens is 602 g/mol. The number of amides is 2. The minimum Gasteiger partial charge on any atom is -0.491 e. The molecule has 0 radical (unpaired) electrons. The standard InChI is InChI=1S/C37H55NO9/c1-2-3-4-5-6-7-8-11-32-14-16-33(17-15-32)47-31-30-46-29-28-45-27-26-44-25-24-43-23-22-42-21-20-41-19-18-38-36(39)34-12-9-10-13-35(34)37(38)40/h9-10,12-17H,2-8,11,18-31H2,1H3. The number of nitrogens with zero attached hydrogens (tertiary/aromatic N) is 1. The van der Waals surface area contributed by atoms with Gasteiger partial charge in [-0.05, 0) is 42.7 Å². The molecule has 0 aliphatic carbocycles. The fraction of sp³-hybridized carbons (Fsp3) is 0.622. The van der Waals surface area contributed by atoms with Crippen molar-refractivity contribution in [2.24, 2.45) is 0 Å². The third kappa shape index (κ3) is 16.2. The highest BCUT2D eigenvalue weighted by atomic mass is 16.6. The molecule has 2 aromatic carbocycles. The lowest BCUT2D eigenvalue weighted by Gasteiger charge is -2.13. The lowest BCUT2D eigenvalue weighted by Crippen LogP contribution is -2.33. The molecule has 0 N–H and O–H groups in total. The first kappa shape index (κ1) is 38.6. The average Bonchev–Trinajstić information content (AvgIpc) is 3.34. The first-order valence-electron chi connectivity index (χ1n) is 17.3. The maximum atomic E-state index is 12.3. The van der Waals surface area contributed by atoms with Crippen molar-refractivity contribution in [2.75, 3.05) is 92.4 Å². The Hall–Kier alpha value is -2.86. The van der Waals surface area contributed by atoms with Gasteiger partial charge in [0.05, 0.1) is 97.0 Å². The summed E-state index contributed by atoms with van der Waals surface area (Å²) >= 11 is 0. The molecule has 3 rings (SSSR count). The van der Waals surface area contributed by atoms with E-state index >= 15 is 0 Å². The highest BCUT2D eigenvalue weighted by Gasteiger charge is 2.34. The lowest BCUT2D eigenvalue weighted by atomic mass is 10.0. The molecule has 1 heterocycles. The van der Waals surface area contributed by atoms with E-state index in [0.29, 0.717) is 90.4 Å². The molecule has 0 saturated heterocycles. The number of unbranched alkanes of at least 4 members (excludes halogenated alkanes) is 6. The highest BCUT2D eigenvalue weighted by molar-refractivity contribution is 6.21. The van der Waals surface area contributed by atoms with Crippen LogP contribution in [0.5, 0.6) is 5.75 Å². The van der Waals surface area contributed by atoms with Crippen LogP contribution in [-0.4, -0.2) is 109 Å². The SMILES string of the molecule is CCCCCCCCCc1ccc(OCCOCCOCCOCCOCCOCCOCCN2C(=O)c3ccccc3C2=O)cc1. The molecule has 0 atom stereocenters. The van der Waals surface area contributed by atoms with Crippen molar-refractivity contribution in [1.29, 1.82) is 0 Å². The van der Waals surface area contributed by atoms with Gasteiger partial charge in [0.15, 0.2) is 0 Å². The number of fused-ring (bicyclic) bond motifs is 1. The molecule has 2 amide bonds.